The number of hydrogen-bond donors (Lipinski definition) is 1. The van der Waals surface area contributed by atoms with Crippen molar-refractivity contribution < 1.29 is 9.90 Å². The van der Waals surface area contributed by atoms with Gasteiger partial charge in [0.2, 0.25) is 0 Å². The Labute approximate surface area is 124 Å². The lowest BCUT2D eigenvalue weighted by molar-refractivity contribution is -0.117. The number of fused-ring (bicyclic) bond motifs is 1. The minimum absolute atomic E-state index is 0.169. The first-order chi connectivity index (χ1) is 10.1. The molecule has 1 aromatic heterocycles. The summed E-state index contributed by atoms with van der Waals surface area (Å²) in [5.41, 5.74) is 1.58. The molecule has 1 N–H and O–H groups in total. The number of carbonyl (C=O) groups excluding carboxylic acids is 1. The van der Waals surface area contributed by atoms with E-state index >= 15 is 0 Å². The lowest BCUT2D eigenvalue weighted by Gasteiger charge is -2.17. The standard InChI is InChI=1S/C17H20N2O2/c1-4-12(5-2)16(20)17(21)19(3)15-11-10-13-8-6-7-9-14(13)18-15/h6-11,20H,4-5H2,1-3H3. The number of likely N-dealkylation sites (N-methyl/N-ethyl adjacent to an activating group) is 1. The zero-order valence-electron chi connectivity index (χ0n) is 12.6. The number of rotatable bonds is 4. The fourth-order valence-corrected chi connectivity index (χ4v) is 2.24. The lowest BCUT2D eigenvalue weighted by Crippen LogP contribution is -2.29. The molecule has 0 aliphatic rings. The summed E-state index contributed by atoms with van der Waals surface area (Å²) in [6, 6.07) is 11.4. The van der Waals surface area contributed by atoms with Crippen molar-refractivity contribution in [3.63, 3.8) is 0 Å². The predicted molar refractivity (Wildman–Crippen MR) is 85.4 cm³/mol. The summed E-state index contributed by atoms with van der Waals surface area (Å²) in [5, 5.41) is 11.1. The van der Waals surface area contributed by atoms with Crippen molar-refractivity contribution in [2.45, 2.75) is 26.7 Å². The van der Waals surface area contributed by atoms with E-state index in [9.17, 15) is 9.90 Å². The fraction of sp³-hybridized carbons (Fsp3) is 0.294. The first-order valence-electron chi connectivity index (χ1n) is 7.13. The summed E-state index contributed by atoms with van der Waals surface area (Å²) < 4.78 is 0. The lowest BCUT2D eigenvalue weighted by atomic mass is 10.1. The van der Waals surface area contributed by atoms with Crippen molar-refractivity contribution in [3.05, 3.63) is 47.7 Å². The number of para-hydroxylation sites is 1. The molecule has 4 heteroatoms. The number of benzene rings is 1. The number of aliphatic hydroxyl groups excluding tert-OH is 1. The molecule has 0 atom stereocenters. The summed E-state index contributed by atoms with van der Waals surface area (Å²) >= 11 is 0. The van der Waals surface area contributed by atoms with Gasteiger partial charge >= 0.3 is 0 Å². The van der Waals surface area contributed by atoms with Gasteiger partial charge in [-0.2, -0.15) is 0 Å². The third-order valence-corrected chi connectivity index (χ3v) is 3.62. The maximum atomic E-state index is 12.3. The molecular weight excluding hydrogens is 264 g/mol. The highest BCUT2D eigenvalue weighted by atomic mass is 16.3. The third-order valence-electron chi connectivity index (χ3n) is 3.62. The molecule has 0 aliphatic heterocycles. The molecule has 0 spiro atoms. The molecule has 0 bridgehead atoms. The van der Waals surface area contributed by atoms with Gasteiger partial charge in [0.1, 0.15) is 5.82 Å². The number of pyridine rings is 1. The zero-order chi connectivity index (χ0) is 15.4. The summed E-state index contributed by atoms with van der Waals surface area (Å²) in [7, 11) is 1.62. The molecular formula is C17H20N2O2. The van der Waals surface area contributed by atoms with Crippen molar-refractivity contribution in [1.29, 1.82) is 0 Å². The van der Waals surface area contributed by atoms with Crippen molar-refractivity contribution in [1.82, 2.24) is 4.98 Å². The molecule has 2 rings (SSSR count). The quantitative estimate of drug-likeness (QED) is 0.685. The number of allylic oxidation sites excluding steroid dienone is 1. The molecule has 0 saturated carbocycles. The fourth-order valence-electron chi connectivity index (χ4n) is 2.24. The Kier molecular flexibility index (Phi) is 4.58. The van der Waals surface area contributed by atoms with Crippen LogP contribution >= 0.6 is 0 Å². The Morgan fingerprint density at radius 2 is 1.81 bits per heavy atom. The van der Waals surface area contributed by atoms with Gasteiger partial charge in [0.05, 0.1) is 5.52 Å². The number of amides is 1. The van der Waals surface area contributed by atoms with Gasteiger partial charge in [-0.1, -0.05) is 32.0 Å². The molecule has 110 valence electrons. The van der Waals surface area contributed by atoms with Crippen molar-refractivity contribution in [2.24, 2.45) is 0 Å². The van der Waals surface area contributed by atoms with Crippen molar-refractivity contribution in [2.75, 3.05) is 11.9 Å². The number of carbonyl (C=O) groups is 1. The molecule has 0 aliphatic carbocycles. The first kappa shape index (κ1) is 15.0. The topological polar surface area (TPSA) is 53.4 Å². The smallest absolute Gasteiger partial charge is 0.293 e. The molecule has 2 aromatic rings. The van der Waals surface area contributed by atoms with Crippen LogP contribution in [0.15, 0.2) is 47.7 Å². The highest BCUT2D eigenvalue weighted by Gasteiger charge is 2.19. The van der Waals surface area contributed by atoms with E-state index in [0.717, 1.165) is 16.5 Å². The maximum Gasteiger partial charge on any atom is 0.293 e. The van der Waals surface area contributed by atoms with Crippen molar-refractivity contribution in [3.8, 4) is 0 Å². The van der Waals surface area contributed by atoms with Crippen LogP contribution in [0, 0.1) is 0 Å². The Bertz CT molecular complexity index is 686. The Morgan fingerprint density at radius 3 is 2.48 bits per heavy atom. The number of nitrogens with zero attached hydrogens (tertiary/aromatic N) is 2. The van der Waals surface area contributed by atoms with Gasteiger partial charge in [0.15, 0.2) is 5.76 Å². The van der Waals surface area contributed by atoms with Gasteiger partial charge in [-0.3, -0.25) is 9.69 Å². The first-order valence-corrected chi connectivity index (χ1v) is 7.13. The van der Waals surface area contributed by atoms with Gasteiger partial charge in [0.25, 0.3) is 5.91 Å². The number of aromatic nitrogens is 1. The summed E-state index contributed by atoms with van der Waals surface area (Å²) in [4.78, 5) is 18.2. The molecule has 1 aromatic carbocycles. The highest BCUT2D eigenvalue weighted by Crippen LogP contribution is 2.19. The van der Waals surface area contributed by atoms with Gasteiger partial charge in [-0.15, -0.1) is 0 Å². The second kappa shape index (κ2) is 6.39. The minimum atomic E-state index is -0.420. The number of aliphatic hydroxyl groups is 1. The van der Waals surface area contributed by atoms with Crippen LogP contribution in [0.25, 0.3) is 10.9 Å². The van der Waals surface area contributed by atoms with E-state index in [0.29, 0.717) is 18.7 Å². The Balaban J connectivity index is 2.35. The van der Waals surface area contributed by atoms with Crippen LogP contribution in [-0.4, -0.2) is 23.0 Å². The Hall–Kier alpha value is -2.36. The third kappa shape index (κ3) is 3.05. The summed E-state index contributed by atoms with van der Waals surface area (Å²) in [5.74, 6) is -0.0641. The van der Waals surface area contributed by atoms with Crippen LogP contribution in [0.1, 0.15) is 26.7 Å². The van der Waals surface area contributed by atoms with Gasteiger partial charge in [-0.05, 0) is 36.6 Å². The Morgan fingerprint density at radius 1 is 1.14 bits per heavy atom. The van der Waals surface area contributed by atoms with Gasteiger partial charge in [-0.25, -0.2) is 4.98 Å². The zero-order valence-corrected chi connectivity index (χ0v) is 12.6. The molecule has 1 amide bonds. The van der Waals surface area contributed by atoms with E-state index in [4.69, 9.17) is 0 Å². The van der Waals surface area contributed by atoms with E-state index in [1.807, 2.05) is 44.2 Å². The number of anilines is 1. The molecule has 4 nitrogen and oxygen atoms in total. The molecule has 1 heterocycles. The normalized spacial score (nSPS) is 10.4. The summed E-state index contributed by atoms with van der Waals surface area (Å²) in [6.07, 6.45) is 1.32. The SMILES string of the molecule is CCC(CC)=C(O)C(=O)N(C)c1ccc2ccccc2n1. The molecule has 0 radical (unpaired) electrons. The predicted octanol–water partition coefficient (Wildman–Crippen LogP) is 3.83. The molecule has 0 fully saturated rings. The minimum Gasteiger partial charge on any atom is -0.503 e. The van der Waals surface area contributed by atoms with Crippen LogP contribution in [0.2, 0.25) is 0 Å². The maximum absolute atomic E-state index is 12.3. The van der Waals surface area contributed by atoms with E-state index < -0.39 is 5.91 Å². The van der Waals surface area contributed by atoms with E-state index in [2.05, 4.69) is 4.98 Å². The van der Waals surface area contributed by atoms with Crippen LogP contribution in [0.4, 0.5) is 5.82 Å². The van der Waals surface area contributed by atoms with Crippen LogP contribution in [-0.2, 0) is 4.79 Å². The van der Waals surface area contributed by atoms with Gasteiger partial charge < -0.3 is 5.11 Å². The highest BCUT2D eigenvalue weighted by molar-refractivity contribution is 6.03. The van der Waals surface area contributed by atoms with Crippen LogP contribution in [0.5, 0.6) is 0 Å². The van der Waals surface area contributed by atoms with Crippen molar-refractivity contribution >= 4 is 22.6 Å². The molecule has 21 heavy (non-hydrogen) atoms. The van der Waals surface area contributed by atoms with Crippen LogP contribution < -0.4 is 4.90 Å². The van der Waals surface area contributed by atoms with E-state index in [-0.39, 0.29) is 5.76 Å². The van der Waals surface area contributed by atoms with Crippen LogP contribution in [0.3, 0.4) is 0 Å². The van der Waals surface area contributed by atoms with E-state index in [1.165, 1.54) is 4.90 Å². The summed E-state index contributed by atoms with van der Waals surface area (Å²) in [6.45, 7) is 3.85. The average Bonchev–Trinajstić information content (AvgIpc) is 2.54. The second-order valence-electron chi connectivity index (χ2n) is 4.89. The molecule has 0 saturated heterocycles. The monoisotopic (exact) mass is 284 g/mol. The van der Waals surface area contributed by atoms with E-state index in [1.54, 1.807) is 13.1 Å². The average molecular weight is 284 g/mol. The number of hydrogen-bond acceptors (Lipinski definition) is 3. The largest absolute Gasteiger partial charge is 0.503 e. The van der Waals surface area contributed by atoms with Gasteiger partial charge in [0, 0.05) is 12.4 Å². The second-order valence-corrected chi connectivity index (χ2v) is 4.89. The molecule has 0 unspecified atom stereocenters.